The van der Waals surface area contributed by atoms with E-state index in [4.69, 9.17) is 9.15 Å². The Morgan fingerprint density at radius 3 is 2.82 bits per heavy atom. The lowest BCUT2D eigenvalue weighted by molar-refractivity contribution is 0.0755. The molecule has 120 valence electrons. The maximum atomic E-state index is 12.4. The van der Waals surface area contributed by atoms with Crippen LogP contribution >= 0.6 is 11.3 Å². The number of rotatable bonds is 6. The number of aromatic nitrogens is 1. The van der Waals surface area contributed by atoms with Crippen molar-refractivity contribution >= 4 is 17.2 Å². The molecule has 0 radical (unpaired) electrons. The van der Waals surface area contributed by atoms with Gasteiger partial charge in [0.15, 0.2) is 0 Å². The number of furan rings is 1. The summed E-state index contributed by atoms with van der Waals surface area (Å²) in [5, 5.41) is 2.91. The number of amides is 1. The van der Waals surface area contributed by atoms with Crippen LogP contribution in [0.2, 0.25) is 0 Å². The molecule has 0 saturated carbocycles. The summed E-state index contributed by atoms with van der Waals surface area (Å²) < 4.78 is 11.0. The molecule has 0 unspecified atom stereocenters. The number of carbonyl (C=O) groups excluding carboxylic acids is 1. The number of aryl methyl sites for hydroxylation is 2. The third-order valence-corrected chi connectivity index (χ3v) is 4.41. The molecule has 1 atom stereocenters. The third kappa shape index (κ3) is 3.75. The fraction of sp³-hybridized carbons (Fsp3) is 0.500. The quantitative estimate of drug-likeness (QED) is 0.813. The minimum absolute atomic E-state index is 0.0106. The summed E-state index contributed by atoms with van der Waals surface area (Å²) in [6.07, 6.45) is -0.0106. The van der Waals surface area contributed by atoms with Gasteiger partial charge in [-0.25, -0.2) is 4.98 Å². The maximum absolute atomic E-state index is 12.4. The predicted octanol–water partition coefficient (Wildman–Crippen LogP) is 3.72. The lowest BCUT2D eigenvalue weighted by Crippen LogP contribution is -2.26. The first-order valence-corrected chi connectivity index (χ1v) is 8.18. The van der Waals surface area contributed by atoms with E-state index in [-0.39, 0.29) is 12.0 Å². The van der Waals surface area contributed by atoms with Crippen molar-refractivity contribution in [1.29, 1.82) is 0 Å². The van der Waals surface area contributed by atoms with Crippen molar-refractivity contribution in [3.63, 3.8) is 0 Å². The first-order chi connectivity index (χ1) is 10.4. The second kappa shape index (κ2) is 7.07. The Labute approximate surface area is 134 Å². The molecule has 0 aliphatic carbocycles. The predicted molar refractivity (Wildman–Crippen MR) is 86.1 cm³/mol. The highest BCUT2D eigenvalue weighted by molar-refractivity contribution is 7.09. The Balaban J connectivity index is 2.04. The monoisotopic (exact) mass is 322 g/mol. The molecule has 0 aromatic carbocycles. The average Bonchev–Trinajstić information content (AvgIpc) is 3.05. The average molecular weight is 322 g/mol. The number of hydrogen-bond donors (Lipinski definition) is 0. The Morgan fingerprint density at radius 2 is 2.23 bits per heavy atom. The molecule has 0 N–H and O–H groups in total. The van der Waals surface area contributed by atoms with Crippen molar-refractivity contribution in [3.8, 4) is 0 Å². The van der Waals surface area contributed by atoms with E-state index in [1.165, 1.54) is 0 Å². The molecule has 22 heavy (non-hydrogen) atoms. The Morgan fingerprint density at radius 1 is 1.50 bits per heavy atom. The standard InChI is InChI=1S/C16H22N2O3S/c1-6-20-12(4)15-17-13(9-22-15)8-18(5)16(19)14-7-10(2)21-11(14)3/h7,9,12H,6,8H2,1-5H3/t12-/m0/s1. The molecular weight excluding hydrogens is 300 g/mol. The number of thiazole rings is 1. The lowest BCUT2D eigenvalue weighted by Gasteiger charge is -2.15. The molecule has 2 rings (SSSR count). The van der Waals surface area contributed by atoms with Gasteiger partial charge in [-0.2, -0.15) is 0 Å². The van der Waals surface area contributed by atoms with Crippen molar-refractivity contribution in [2.75, 3.05) is 13.7 Å². The topological polar surface area (TPSA) is 55.6 Å². The molecule has 2 heterocycles. The van der Waals surface area contributed by atoms with E-state index in [0.717, 1.165) is 16.5 Å². The van der Waals surface area contributed by atoms with E-state index in [0.29, 0.717) is 24.5 Å². The molecule has 0 aliphatic rings. The van der Waals surface area contributed by atoms with Crippen LogP contribution in [0.5, 0.6) is 0 Å². The highest BCUT2D eigenvalue weighted by Crippen LogP contribution is 2.22. The zero-order chi connectivity index (χ0) is 16.3. The second-order valence-corrected chi connectivity index (χ2v) is 6.15. The highest BCUT2D eigenvalue weighted by atomic mass is 32.1. The Hall–Kier alpha value is -1.66. The molecular formula is C16H22N2O3S. The van der Waals surface area contributed by atoms with Gasteiger partial charge >= 0.3 is 0 Å². The van der Waals surface area contributed by atoms with E-state index >= 15 is 0 Å². The van der Waals surface area contributed by atoms with Crippen LogP contribution in [0.15, 0.2) is 15.9 Å². The normalized spacial score (nSPS) is 12.4. The fourth-order valence-corrected chi connectivity index (χ4v) is 3.08. The summed E-state index contributed by atoms with van der Waals surface area (Å²) >= 11 is 1.56. The number of nitrogens with zero attached hydrogens (tertiary/aromatic N) is 2. The minimum atomic E-state index is -0.0539. The maximum Gasteiger partial charge on any atom is 0.257 e. The van der Waals surface area contributed by atoms with Gasteiger partial charge < -0.3 is 14.1 Å². The van der Waals surface area contributed by atoms with Gasteiger partial charge in [-0.05, 0) is 33.8 Å². The van der Waals surface area contributed by atoms with Crippen LogP contribution in [0, 0.1) is 13.8 Å². The zero-order valence-corrected chi connectivity index (χ0v) is 14.5. The fourth-order valence-electron chi connectivity index (χ4n) is 2.27. The van der Waals surface area contributed by atoms with Crippen molar-refractivity contribution in [2.24, 2.45) is 0 Å². The van der Waals surface area contributed by atoms with E-state index in [2.05, 4.69) is 4.98 Å². The van der Waals surface area contributed by atoms with Gasteiger partial charge in [0.25, 0.3) is 5.91 Å². The molecule has 6 heteroatoms. The molecule has 0 fully saturated rings. The highest BCUT2D eigenvalue weighted by Gasteiger charge is 2.19. The van der Waals surface area contributed by atoms with Crippen molar-refractivity contribution in [3.05, 3.63) is 39.2 Å². The van der Waals surface area contributed by atoms with Gasteiger partial charge in [0, 0.05) is 19.0 Å². The summed E-state index contributed by atoms with van der Waals surface area (Å²) in [6, 6.07) is 1.78. The van der Waals surface area contributed by atoms with Crippen LogP contribution in [0.25, 0.3) is 0 Å². The Bertz CT molecular complexity index is 648. The SMILES string of the molecule is CCO[C@@H](C)c1nc(CN(C)C(=O)c2cc(C)oc2C)cs1. The van der Waals surface area contributed by atoms with Gasteiger partial charge in [-0.15, -0.1) is 11.3 Å². The molecule has 1 amide bonds. The van der Waals surface area contributed by atoms with E-state index < -0.39 is 0 Å². The third-order valence-electron chi connectivity index (χ3n) is 3.35. The molecule has 2 aromatic heterocycles. The number of ether oxygens (including phenoxy) is 1. The summed E-state index contributed by atoms with van der Waals surface area (Å²) in [5.74, 6) is 1.34. The molecule has 0 saturated heterocycles. The van der Waals surface area contributed by atoms with E-state index in [9.17, 15) is 4.79 Å². The molecule has 2 aromatic rings. The molecule has 5 nitrogen and oxygen atoms in total. The molecule has 0 bridgehead atoms. The van der Waals surface area contributed by atoms with Gasteiger partial charge in [-0.1, -0.05) is 0 Å². The van der Waals surface area contributed by atoms with Crippen LogP contribution in [0.4, 0.5) is 0 Å². The van der Waals surface area contributed by atoms with Crippen molar-refractivity contribution < 1.29 is 13.9 Å². The lowest BCUT2D eigenvalue weighted by atomic mass is 10.2. The Kier molecular flexibility index (Phi) is 5.37. The van der Waals surface area contributed by atoms with Crippen molar-refractivity contribution in [1.82, 2.24) is 9.88 Å². The van der Waals surface area contributed by atoms with Crippen molar-refractivity contribution in [2.45, 2.75) is 40.3 Å². The smallest absolute Gasteiger partial charge is 0.257 e. The summed E-state index contributed by atoms with van der Waals surface area (Å²) in [4.78, 5) is 18.6. The van der Waals surface area contributed by atoms with E-state index in [1.807, 2.05) is 26.2 Å². The second-order valence-electron chi connectivity index (χ2n) is 5.26. The zero-order valence-electron chi connectivity index (χ0n) is 13.7. The van der Waals surface area contributed by atoms with Crippen LogP contribution in [-0.2, 0) is 11.3 Å². The summed E-state index contributed by atoms with van der Waals surface area (Å²) in [5.41, 5.74) is 1.48. The van der Waals surface area contributed by atoms with Crippen LogP contribution in [0.3, 0.4) is 0 Å². The van der Waals surface area contributed by atoms with Crippen LogP contribution in [-0.4, -0.2) is 29.4 Å². The minimum Gasteiger partial charge on any atom is -0.466 e. The molecule has 0 aliphatic heterocycles. The largest absolute Gasteiger partial charge is 0.466 e. The number of carbonyl (C=O) groups is 1. The van der Waals surface area contributed by atoms with Gasteiger partial charge in [0.1, 0.15) is 22.6 Å². The van der Waals surface area contributed by atoms with Gasteiger partial charge in [0.2, 0.25) is 0 Å². The van der Waals surface area contributed by atoms with Gasteiger partial charge in [-0.3, -0.25) is 4.79 Å². The first-order valence-electron chi connectivity index (χ1n) is 7.30. The summed E-state index contributed by atoms with van der Waals surface area (Å²) in [7, 11) is 1.77. The molecule has 0 spiro atoms. The number of hydrogen-bond acceptors (Lipinski definition) is 5. The van der Waals surface area contributed by atoms with E-state index in [1.54, 1.807) is 36.3 Å². The van der Waals surface area contributed by atoms with Crippen LogP contribution < -0.4 is 0 Å². The first kappa shape index (κ1) is 16.7. The summed E-state index contributed by atoms with van der Waals surface area (Å²) in [6.45, 7) is 8.72. The van der Waals surface area contributed by atoms with Crippen LogP contribution in [0.1, 0.15) is 52.5 Å². The van der Waals surface area contributed by atoms with Gasteiger partial charge in [0.05, 0.1) is 17.8 Å².